The number of hydrogen-bond donors (Lipinski definition) is 1. The first-order chi connectivity index (χ1) is 14.1. The zero-order valence-corrected chi connectivity index (χ0v) is 15.9. The van der Waals surface area contributed by atoms with Crippen molar-refractivity contribution in [3.05, 3.63) is 64.4 Å². The average Bonchev–Trinajstić information content (AvgIpc) is 3.12. The van der Waals surface area contributed by atoms with Crippen molar-refractivity contribution in [1.82, 2.24) is 19.9 Å². The van der Waals surface area contributed by atoms with E-state index >= 15 is 0 Å². The van der Waals surface area contributed by atoms with E-state index in [-0.39, 0.29) is 30.3 Å². The SMILES string of the molecule is O=C(CCn1nnc2ccccc2c1=O)Nc1cccc(CN2CCCC2=O)c1. The molecular formula is C21H21N5O3. The molecule has 8 nitrogen and oxygen atoms in total. The molecule has 2 amide bonds. The third kappa shape index (κ3) is 4.31. The summed E-state index contributed by atoms with van der Waals surface area (Å²) in [4.78, 5) is 38.4. The summed E-state index contributed by atoms with van der Waals surface area (Å²) in [5, 5.41) is 11.2. The molecule has 0 spiro atoms. The van der Waals surface area contributed by atoms with Gasteiger partial charge in [-0.15, -0.1) is 5.10 Å². The lowest BCUT2D eigenvalue weighted by molar-refractivity contribution is -0.128. The summed E-state index contributed by atoms with van der Waals surface area (Å²) in [5.41, 5.74) is 1.90. The van der Waals surface area contributed by atoms with Crippen LogP contribution in [-0.4, -0.2) is 38.3 Å². The van der Waals surface area contributed by atoms with Crippen LogP contribution in [0.4, 0.5) is 5.69 Å². The maximum absolute atomic E-state index is 12.4. The molecule has 1 N–H and O–H groups in total. The van der Waals surface area contributed by atoms with E-state index in [0.717, 1.165) is 18.5 Å². The highest BCUT2D eigenvalue weighted by Gasteiger charge is 2.20. The minimum atomic E-state index is -0.263. The average molecular weight is 391 g/mol. The van der Waals surface area contributed by atoms with E-state index in [1.54, 1.807) is 30.3 Å². The van der Waals surface area contributed by atoms with Gasteiger partial charge in [0.25, 0.3) is 5.56 Å². The quantitative estimate of drug-likeness (QED) is 0.693. The Morgan fingerprint density at radius 3 is 2.79 bits per heavy atom. The highest BCUT2D eigenvalue weighted by molar-refractivity contribution is 5.90. The standard InChI is InChI=1S/C21H21N5O3/c27-19(10-12-26-21(29)17-7-1-2-8-18(17)23-24-26)22-16-6-3-5-15(13-16)14-25-11-4-9-20(25)28/h1-3,5-8,13H,4,9-12,14H2,(H,22,27). The fraction of sp³-hybridized carbons (Fsp3) is 0.286. The molecule has 1 saturated heterocycles. The zero-order chi connectivity index (χ0) is 20.2. The summed E-state index contributed by atoms with van der Waals surface area (Å²) in [6.45, 7) is 1.46. The molecule has 29 heavy (non-hydrogen) atoms. The number of nitrogens with zero attached hydrogens (tertiary/aromatic N) is 4. The molecule has 2 aromatic carbocycles. The highest BCUT2D eigenvalue weighted by atomic mass is 16.2. The van der Waals surface area contributed by atoms with Crippen LogP contribution in [0.3, 0.4) is 0 Å². The molecule has 4 rings (SSSR count). The van der Waals surface area contributed by atoms with Crippen LogP contribution in [0.5, 0.6) is 0 Å². The summed E-state index contributed by atoms with van der Waals surface area (Å²) < 4.78 is 1.21. The number of nitrogens with one attached hydrogen (secondary N) is 1. The van der Waals surface area contributed by atoms with E-state index in [0.29, 0.717) is 29.6 Å². The molecule has 0 unspecified atom stereocenters. The van der Waals surface area contributed by atoms with Gasteiger partial charge in [0.15, 0.2) is 0 Å². The third-order valence-corrected chi connectivity index (χ3v) is 4.94. The Bertz CT molecular complexity index is 1120. The Kier molecular flexibility index (Phi) is 5.33. The lowest BCUT2D eigenvalue weighted by Gasteiger charge is -2.16. The molecule has 8 heteroatoms. The lowest BCUT2D eigenvalue weighted by atomic mass is 10.2. The molecule has 1 aliphatic rings. The molecule has 0 atom stereocenters. The Hall–Kier alpha value is -3.55. The number of likely N-dealkylation sites (tertiary alicyclic amines) is 1. The second-order valence-corrected chi connectivity index (χ2v) is 7.05. The second kappa shape index (κ2) is 8.22. The van der Waals surface area contributed by atoms with Crippen molar-refractivity contribution in [3.63, 3.8) is 0 Å². The van der Waals surface area contributed by atoms with Crippen LogP contribution >= 0.6 is 0 Å². The molecule has 0 radical (unpaired) electrons. The van der Waals surface area contributed by atoms with Gasteiger partial charge in [-0.2, -0.15) is 0 Å². The van der Waals surface area contributed by atoms with Crippen LogP contribution in [0.15, 0.2) is 53.3 Å². The van der Waals surface area contributed by atoms with Crippen molar-refractivity contribution in [3.8, 4) is 0 Å². The first-order valence-electron chi connectivity index (χ1n) is 9.59. The number of anilines is 1. The van der Waals surface area contributed by atoms with Crippen LogP contribution in [0, 0.1) is 0 Å². The normalized spacial score (nSPS) is 13.8. The van der Waals surface area contributed by atoms with E-state index in [1.807, 2.05) is 23.1 Å². The van der Waals surface area contributed by atoms with Gasteiger partial charge in [0, 0.05) is 31.6 Å². The van der Waals surface area contributed by atoms with Gasteiger partial charge >= 0.3 is 0 Å². The van der Waals surface area contributed by atoms with Crippen molar-refractivity contribution in [2.45, 2.75) is 32.4 Å². The van der Waals surface area contributed by atoms with E-state index in [4.69, 9.17) is 0 Å². The number of carbonyl (C=O) groups excluding carboxylic acids is 2. The summed E-state index contributed by atoms with van der Waals surface area (Å²) in [5.74, 6) is -0.0531. The van der Waals surface area contributed by atoms with Crippen LogP contribution in [0.25, 0.3) is 10.9 Å². The first-order valence-corrected chi connectivity index (χ1v) is 9.59. The van der Waals surface area contributed by atoms with Gasteiger partial charge in [-0.1, -0.05) is 29.5 Å². The van der Waals surface area contributed by atoms with Gasteiger partial charge in [-0.25, -0.2) is 4.68 Å². The summed E-state index contributed by atoms with van der Waals surface area (Å²) >= 11 is 0. The molecule has 1 fully saturated rings. The number of carbonyl (C=O) groups is 2. The Morgan fingerprint density at radius 2 is 1.97 bits per heavy atom. The molecule has 148 valence electrons. The largest absolute Gasteiger partial charge is 0.338 e. The summed E-state index contributed by atoms with van der Waals surface area (Å²) in [6.07, 6.45) is 1.60. The van der Waals surface area contributed by atoms with Gasteiger partial charge in [0.05, 0.1) is 11.9 Å². The zero-order valence-electron chi connectivity index (χ0n) is 15.9. The number of aryl methyl sites for hydroxylation is 1. The van der Waals surface area contributed by atoms with E-state index in [1.165, 1.54) is 4.68 Å². The van der Waals surface area contributed by atoms with Crippen molar-refractivity contribution in [1.29, 1.82) is 0 Å². The maximum Gasteiger partial charge on any atom is 0.277 e. The monoisotopic (exact) mass is 391 g/mol. The Labute approximate surface area is 167 Å². The molecule has 1 aromatic heterocycles. The number of benzene rings is 2. The molecule has 0 aliphatic carbocycles. The number of rotatable bonds is 6. The summed E-state index contributed by atoms with van der Waals surface area (Å²) in [6, 6.07) is 14.4. The predicted octanol–water partition coefficient (Wildman–Crippen LogP) is 1.94. The lowest BCUT2D eigenvalue weighted by Crippen LogP contribution is -2.26. The van der Waals surface area contributed by atoms with Crippen molar-refractivity contribution in [2.24, 2.45) is 0 Å². The van der Waals surface area contributed by atoms with Crippen LogP contribution in [-0.2, 0) is 22.7 Å². The number of amides is 2. The fourth-order valence-electron chi connectivity index (χ4n) is 3.44. The van der Waals surface area contributed by atoms with Gasteiger partial charge in [0.1, 0.15) is 5.52 Å². The topological polar surface area (TPSA) is 97.2 Å². The van der Waals surface area contributed by atoms with Crippen LogP contribution in [0.1, 0.15) is 24.8 Å². The van der Waals surface area contributed by atoms with Gasteiger partial charge in [0.2, 0.25) is 11.8 Å². The highest BCUT2D eigenvalue weighted by Crippen LogP contribution is 2.17. The van der Waals surface area contributed by atoms with Crippen LogP contribution in [0.2, 0.25) is 0 Å². The van der Waals surface area contributed by atoms with Gasteiger partial charge in [-0.05, 0) is 36.2 Å². The molecular weight excluding hydrogens is 370 g/mol. The molecule has 3 aromatic rings. The smallest absolute Gasteiger partial charge is 0.277 e. The Balaban J connectivity index is 1.38. The maximum atomic E-state index is 12.4. The third-order valence-electron chi connectivity index (χ3n) is 4.94. The number of hydrogen-bond acceptors (Lipinski definition) is 5. The molecule has 2 heterocycles. The first kappa shape index (κ1) is 18.8. The molecule has 0 saturated carbocycles. The summed E-state index contributed by atoms with van der Waals surface area (Å²) in [7, 11) is 0. The van der Waals surface area contributed by atoms with Crippen molar-refractivity contribution < 1.29 is 9.59 Å². The minimum absolute atomic E-state index is 0.0990. The van der Waals surface area contributed by atoms with Gasteiger partial charge in [-0.3, -0.25) is 14.4 Å². The number of aromatic nitrogens is 3. The minimum Gasteiger partial charge on any atom is -0.338 e. The molecule has 1 aliphatic heterocycles. The van der Waals surface area contributed by atoms with Crippen molar-refractivity contribution in [2.75, 3.05) is 11.9 Å². The van der Waals surface area contributed by atoms with Crippen LogP contribution < -0.4 is 10.9 Å². The van der Waals surface area contributed by atoms with E-state index in [9.17, 15) is 14.4 Å². The van der Waals surface area contributed by atoms with Crippen molar-refractivity contribution >= 4 is 28.4 Å². The second-order valence-electron chi connectivity index (χ2n) is 7.05. The fourth-order valence-corrected chi connectivity index (χ4v) is 3.44. The van der Waals surface area contributed by atoms with E-state index in [2.05, 4.69) is 15.6 Å². The Morgan fingerprint density at radius 1 is 1.10 bits per heavy atom. The van der Waals surface area contributed by atoms with E-state index < -0.39 is 0 Å². The van der Waals surface area contributed by atoms with Gasteiger partial charge < -0.3 is 10.2 Å². The molecule has 0 bridgehead atoms. The predicted molar refractivity (Wildman–Crippen MR) is 108 cm³/mol. The number of fused-ring (bicyclic) bond motifs is 1.